The molecule has 1 amide bonds. The second kappa shape index (κ2) is 5.54. The summed E-state index contributed by atoms with van der Waals surface area (Å²) in [5, 5.41) is 3.39. The van der Waals surface area contributed by atoms with Gasteiger partial charge in [-0.2, -0.15) is 0 Å². The Hall–Kier alpha value is -2.40. The van der Waals surface area contributed by atoms with Crippen LogP contribution in [0.1, 0.15) is 22.8 Å². The van der Waals surface area contributed by atoms with Crippen molar-refractivity contribution < 1.29 is 4.79 Å². The number of carbonyl (C=O) groups excluding carboxylic acids is 1. The number of benzene rings is 1. The number of nitrogens with one attached hydrogen (secondary N) is 2. The van der Waals surface area contributed by atoms with Crippen molar-refractivity contribution in [1.29, 1.82) is 0 Å². The molecule has 108 valence electrons. The topological polar surface area (TPSA) is 65.2 Å². The fourth-order valence-corrected chi connectivity index (χ4v) is 2.57. The number of fused-ring (bicyclic) bond motifs is 1. The molecule has 3 rings (SSSR count). The Morgan fingerprint density at radius 3 is 2.90 bits per heavy atom. The quantitative estimate of drug-likeness (QED) is 0.834. The molecular formula is C16H17N3O2. The molecule has 0 fully saturated rings. The van der Waals surface area contributed by atoms with Gasteiger partial charge in [-0.05, 0) is 24.6 Å². The lowest BCUT2D eigenvalue weighted by Gasteiger charge is -2.24. The number of pyridine rings is 1. The number of amides is 1. The number of rotatable bonds is 1. The van der Waals surface area contributed by atoms with E-state index in [1.54, 1.807) is 11.0 Å². The minimum atomic E-state index is -0.268. The number of hydrogen-bond acceptors (Lipinski definition) is 3. The molecule has 0 saturated heterocycles. The summed E-state index contributed by atoms with van der Waals surface area (Å²) < 4.78 is 0. The van der Waals surface area contributed by atoms with Crippen LogP contribution in [0.15, 0.2) is 47.4 Å². The van der Waals surface area contributed by atoms with E-state index in [1.165, 1.54) is 12.3 Å². The highest BCUT2D eigenvalue weighted by molar-refractivity contribution is 6.06. The van der Waals surface area contributed by atoms with Crippen LogP contribution in [0.3, 0.4) is 0 Å². The van der Waals surface area contributed by atoms with Crippen LogP contribution in [0.25, 0.3) is 0 Å². The second-order valence-corrected chi connectivity index (χ2v) is 5.27. The molecule has 1 aliphatic heterocycles. The predicted molar refractivity (Wildman–Crippen MR) is 81.5 cm³/mol. The molecule has 0 radical (unpaired) electrons. The molecule has 2 aromatic rings. The van der Waals surface area contributed by atoms with Gasteiger partial charge >= 0.3 is 0 Å². The summed E-state index contributed by atoms with van der Waals surface area (Å²) in [5.41, 5.74) is 2.12. The van der Waals surface area contributed by atoms with Gasteiger partial charge in [0.25, 0.3) is 5.91 Å². The standard InChI is InChI=1S/C16H17N3O2/c1-11-10-19(14-5-3-2-4-13(14)9-18-11)16(21)12-6-7-17-15(20)8-12/h2-8,11,18H,9-10H2,1H3,(H,17,20). The van der Waals surface area contributed by atoms with Gasteiger partial charge in [0.2, 0.25) is 5.56 Å². The highest BCUT2D eigenvalue weighted by Gasteiger charge is 2.24. The average Bonchev–Trinajstić information content (AvgIpc) is 2.66. The van der Waals surface area contributed by atoms with Crippen LogP contribution in [-0.4, -0.2) is 23.5 Å². The number of hydrogen-bond donors (Lipinski definition) is 2. The minimum absolute atomic E-state index is 0.149. The smallest absolute Gasteiger partial charge is 0.258 e. The van der Waals surface area contributed by atoms with Crippen LogP contribution in [0, 0.1) is 0 Å². The van der Waals surface area contributed by atoms with E-state index in [4.69, 9.17) is 0 Å². The predicted octanol–water partition coefficient (Wildman–Crippen LogP) is 1.51. The first kappa shape index (κ1) is 13.6. The first-order valence-corrected chi connectivity index (χ1v) is 6.97. The lowest BCUT2D eigenvalue weighted by atomic mass is 10.1. The van der Waals surface area contributed by atoms with Crippen molar-refractivity contribution in [3.8, 4) is 0 Å². The Morgan fingerprint density at radius 2 is 2.10 bits per heavy atom. The second-order valence-electron chi connectivity index (χ2n) is 5.27. The number of aromatic amines is 1. The first-order chi connectivity index (χ1) is 10.1. The van der Waals surface area contributed by atoms with E-state index >= 15 is 0 Å². The van der Waals surface area contributed by atoms with Crippen molar-refractivity contribution in [2.24, 2.45) is 0 Å². The Balaban J connectivity index is 2.03. The number of H-pyrrole nitrogens is 1. The van der Waals surface area contributed by atoms with Gasteiger partial charge in [-0.15, -0.1) is 0 Å². The maximum absolute atomic E-state index is 12.8. The molecule has 2 N–H and O–H groups in total. The molecule has 1 aromatic heterocycles. The van der Waals surface area contributed by atoms with E-state index in [1.807, 2.05) is 31.2 Å². The molecule has 0 bridgehead atoms. The van der Waals surface area contributed by atoms with Crippen molar-refractivity contribution in [2.75, 3.05) is 11.4 Å². The summed E-state index contributed by atoms with van der Waals surface area (Å²) in [5.74, 6) is -0.149. The minimum Gasteiger partial charge on any atom is -0.329 e. The maximum atomic E-state index is 12.8. The van der Waals surface area contributed by atoms with Gasteiger partial charge in [-0.3, -0.25) is 9.59 Å². The third-order valence-electron chi connectivity index (χ3n) is 3.65. The van der Waals surface area contributed by atoms with Crippen molar-refractivity contribution in [2.45, 2.75) is 19.5 Å². The van der Waals surface area contributed by atoms with Gasteiger partial charge in [-0.1, -0.05) is 18.2 Å². The number of carbonyl (C=O) groups is 1. The van der Waals surface area contributed by atoms with E-state index in [-0.39, 0.29) is 17.5 Å². The molecule has 1 atom stereocenters. The Labute approximate surface area is 122 Å². The summed E-state index contributed by atoms with van der Waals surface area (Å²) in [4.78, 5) is 28.5. The Kier molecular flexibility index (Phi) is 3.58. The number of para-hydroxylation sites is 1. The molecule has 2 heterocycles. The normalized spacial score (nSPS) is 18.0. The molecule has 21 heavy (non-hydrogen) atoms. The molecule has 5 nitrogen and oxygen atoms in total. The van der Waals surface area contributed by atoms with Gasteiger partial charge < -0.3 is 15.2 Å². The lowest BCUT2D eigenvalue weighted by Crippen LogP contribution is -2.40. The Bertz CT molecular complexity index is 723. The summed E-state index contributed by atoms with van der Waals surface area (Å²) >= 11 is 0. The average molecular weight is 283 g/mol. The van der Waals surface area contributed by atoms with Crippen LogP contribution in [0.5, 0.6) is 0 Å². The third-order valence-corrected chi connectivity index (χ3v) is 3.65. The zero-order valence-corrected chi connectivity index (χ0v) is 11.8. The zero-order valence-electron chi connectivity index (χ0n) is 11.8. The third kappa shape index (κ3) is 2.73. The van der Waals surface area contributed by atoms with Crippen molar-refractivity contribution >= 4 is 11.6 Å². The summed E-state index contributed by atoms with van der Waals surface area (Å²) in [6.45, 7) is 3.35. The fourth-order valence-electron chi connectivity index (χ4n) is 2.57. The van der Waals surface area contributed by atoms with Crippen molar-refractivity contribution in [3.63, 3.8) is 0 Å². The Morgan fingerprint density at radius 1 is 1.29 bits per heavy atom. The summed E-state index contributed by atoms with van der Waals surface area (Å²) in [6.07, 6.45) is 1.50. The van der Waals surface area contributed by atoms with Crippen LogP contribution >= 0.6 is 0 Å². The fraction of sp³-hybridized carbons (Fsp3) is 0.250. The summed E-state index contributed by atoms with van der Waals surface area (Å²) in [7, 11) is 0. The largest absolute Gasteiger partial charge is 0.329 e. The molecule has 1 aliphatic rings. The van der Waals surface area contributed by atoms with Crippen molar-refractivity contribution in [3.05, 3.63) is 64.1 Å². The summed E-state index contributed by atoms with van der Waals surface area (Å²) in [6, 6.07) is 11.0. The van der Waals surface area contributed by atoms with E-state index in [0.717, 1.165) is 17.8 Å². The van der Waals surface area contributed by atoms with E-state index in [2.05, 4.69) is 10.3 Å². The highest BCUT2D eigenvalue weighted by atomic mass is 16.2. The molecule has 0 aliphatic carbocycles. The van der Waals surface area contributed by atoms with Crippen LogP contribution < -0.4 is 15.8 Å². The van der Waals surface area contributed by atoms with E-state index in [0.29, 0.717) is 12.1 Å². The molecule has 1 unspecified atom stereocenters. The first-order valence-electron chi connectivity index (χ1n) is 6.97. The zero-order chi connectivity index (χ0) is 14.8. The lowest BCUT2D eigenvalue weighted by molar-refractivity contribution is 0.0985. The SMILES string of the molecule is CC1CN(C(=O)c2cc[nH]c(=O)c2)c2ccccc2CN1. The van der Waals surface area contributed by atoms with Gasteiger partial charge in [0.1, 0.15) is 0 Å². The monoisotopic (exact) mass is 283 g/mol. The number of nitrogens with zero attached hydrogens (tertiary/aromatic N) is 1. The van der Waals surface area contributed by atoms with E-state index < -0.39 is 0 Å². The molecule has 0 spiro atoms. The number of aromatic nitrogens is 1. The number of anilines is 1. The maximum Gasteiger partial charge on any atom is 0.258 e. The van der Waals surface area contributed by atoms with Gasteiger partial charge in [0.05, 0.1) is 0 Å². The highest BCUT2D eigenvalue weighted by Crippen LogP contribution is 2.24. The molecular weight excluding hydrogens is 266 g/mol. The van der Waals surface area contributed by atoms with E-state index in [9.17, 15) is 9.59 Å². The molecule has 1 aromatic carbocycles. The van der Waals surface area contributed by atoms with Gasteiger partial charge in [-0.25, -0.2) is 0 Å². The van der Waals surface area contributed by atoms with Crippen LogP contribution in [0.2, 0.25) is 0 Å². The molecule has 5 heteroatoms. The molecule has 0 saturated carbocycles. The van der Waals surface area contributed by atoms with Crippen molar-refractivity contribution in [1.82, 2.24) is 10.3 Å². The van der Waals surface area contributed by atoms with Gasteiger partial charge in [0, 0.05) is 42.6 Å². The van der Waals surface area contributed by atoms with Gasteiger partial charge in [0.15, 0.2) is 0 Å². The van der Waals surface area contributed by atoms with Crippen LogP contribution in [0.4, 0.5) is 5.69 Å². The van der Waals surface area contributed by atoms with Crippen LogP contribution in [-0.2, 0) is 6.54 Å².